The van der Waals surface area contributed by atoms with Crippen molar-refractivity contribution >= 4 is 16.9 Å². The van der Waals surface area contributed by atoms with E-state index >= 15 is 0 Å². The SMILES string of the molecule is NC(Cc1onc2ccccc12)C(=O)O. The molecule has 0 fully saturated rings. The average molecular weight is 206 g/mol. The van der Waals surface area contributed by atoms with Gasteiger partial charge in [-0.25, -0.2) is 0 Å². The highest BCUT2D eigenvalue weighted by molar-refractivity contribution is 5.81. The summed E-state index contributed by atoms with van der Waals surface area (Å²) >= 11 is 0. The topological polar surface area (TPSA) is 89.4 Å². The number of aromatic nitrogens is 1. The second-order valence-corrected chi connectivity index (χ2v) is 3.27. The molecule has 2 rings (SSSR count). The fourth-order valence-corrected chi connectivity index (χ4v) is 1.38. The molecule has 78 valence electrons. The Balaban J connectivity index is 2.32. The minimum Gasteiger partial charge on any atom is -0.480 e. The van der Waals surface area contributed by atoms with E-state index in [0.717, 1.165) is 5.39 Å². The van der Waals surface area contributed by atoms with Crippen LogP contribution in [0.4, 0.5) is 0 Å². The molecular formula is C10H10N2O3. The summed E-state index contributed by atoms with van der Waals surface area (Å²) in [5.74, 6) is -0.531. The summed E-state index contributed by atoms with van der Waals surface area (Å²) in [6, 6.07) is 6.35. The van der Waals surface area contributed by atoms with Gasteiger partial charge in [-0.2, -0.15) is 0 Å². The van der Waals surface area contributed by atoms with E-state index in [2.05, 4.69) is 5.16 Å². The Labute approximate surface area is 85.5 Å². The van der Waals surface area contributed by atoms with Crippen molar-refractivity contribution in [1.82, 2.24) is 5.16 Å². The fraction of sp³-hybridized carbons (Fsp3) is 0.200. The first-order valence-corrected chi connectivity index (χ1v) is 4.50. The van der Waals surface area contributed by atoms with Crippen LogP contribution in [0.3, 0.4) is 0 Å². The van der Waals surface area contributed by atoms with Crippen molar-refractivity contribution in [2.24, 2.45) is 5.73 Å². The first-order valence-electron chi connectivity index (χ1n) is 4.50. The number of carboxylic acid groups (broad SMARTS) is 1. The third-order valence-corrected chi connectivity index (χ3v) is 2.18. The zero-order valence-corrected chi connectivity index (χ0v) is 7.88. The maximum atomic E-state index is 10.6. The third-order valence-electron chi connectivity index (χ3n) is 2.18. The van der Waals surface area contributed by atoms with E-state index in [1.165, 1.54) is 0 Å². The molecule has 2 aromatic rings. The Bertz CT molecular complexity index is 492. The van der Waals surface area contributed by atoms with Crippen molar-refractivity contribution in [3.63, 3.8) is 0 Å². The molecule has 5 nitrogen and oxygen atoms in total. The Morgan fingerprint density at radius 2 is 2.27 bits per heavy atom. The molecule has 1 aromatic carbocycles. The molecule has 1 aromatic heterocycles. The van der Waals surface area contributed by atoms with E-state index in [1.807, 2.05) is 18.2 Å². The van der Waals surface area contributed by atoms with E-state index in [0.29, 0.717) is 11.3 Å². The molecule has 1 heterocycles. The molecule has 1 unspecified atom stereocenters. The molecule has 0 amide bonds. The van der Waals surface area contributed by atoms with Crippen molar-refractivity contribution in [2.75, 3.05) is 0 Å². The summed E-state index contributed by atoms with van der Waals surface area (Å²) in [6.45, 7) is 0. The Morgan fingerprint density at radius 1 is 1.53 bits per heavy atom. The van der Waals surface area contributed by atoms with E-state index in [-0.39, 0.29) is 6.42 Å². The van der Waals surface area contributed by atoms with E-state index < -0.39 is 12.0 Å². The van der Waals surface area contributed by atoms with Gasteiger partial charge in [-0.3, -0.25) is 4.79 Å². The largest absolute Gasteiger partial charge is 0.480 e. The minimum atomic E-state index is -1.05. The standard InChI is InChI=1S/C10H10N2O3/c11-7(10(13)14)5-9-6-3-1-2-4-8(6)12-15-9/h1-4,7H,5,11H2,(H,13,14). The highest BCUT2D eigenvalue weighted by atomic mass is 16.5. The molecule has 15 heavy (non-hydrogen) atoms. The van der Waals surface area contributed by atoms with E-state index in [1.54, 1.807) is 6.07 Å². The monoisotopic (exact) mass is 206 g/mol. The lowest BCUT2D eigenvalue weighted by Crippen LogP contribution is -2.32. The van der Waals surface area contributed by atoms with Crippen LogP contribution in [0.25, 0.3) is 10.9 Å². The maximum absolute atomic E-state index is 10.6. The summed E-state index contributed by atoms with van der Waals surface area (Å²) in [5, 5.41) is 13.3. The molecule has 5 heteroatoms. The van der Waals surface area contributed by atoms with Gasteiger partial charge in [0.05, 0.1) is 0 Å². The van der Waals surface area contributed by atoms with Crippen LogP contribution in [0.15, 0.2) is 28.8 Å². The van der Waals surface area contributed by atoms with Gasteiger partial charge >= 0.3 is 5.97 Å². The number of rotatable bonds is 3. The van der Waals surface area contributed by atoms with Crippen LogP contribution in [-0.2, 0) is 11.2 Å². The van der Waals surface area contributed by atoms with Gasteiger partial charge in [0, 0.05) is 11.8 Å². The van der Waals surface area contributed by atoms with Gasteiger partial charge in [-0.15, -0.1) is 0 Å². The van der Waals surface area contributed by atoms with Gasteiger partial charge < -0.3 is 15.4 Å². The molecule has 0 bridgehead atoms. The Kier molecular flexibility index (Phi) is 2.39. The van der Waals surface area contributed by atoms with Crippen molar-refractivity contribution in [3.8, 4) is 0 Å². The summed E-state index contributed by atoms with van der Waals surface area (Å²) < 4.78 is 5.04. The normalized spacial score (nSPS) is 12.9. The van der Waals surface area contributed by atoms with Crippen molar-refractivity contribution in [1.29, 1.82) is 0 Å². The lowest BCUT2D eigenvalue weighted by Gasteiger charge is -2.02. The zero-order chi connectivity index (χ0) is 10.8. The Hall–Kier alpha value is -1.88. The van der Waals surface area contributed by atoms with Crippen LogP contribution in [0, 0.1) is 0 Å². The van der Waals surface area contributed by atoms with E-state index in [4.69, 9.17) is 15.4 Å². The average Bonchev–Trinajstić information content (AvgIpc) is 2.62. The number of hydrogen-bond acceptors (Lipinski definition) is 4. The number of benzene rings is 1. The molecule has 3 N–H and O–H groups in total. The molecule has 0 radical (unpaired) electrons. The summed E-state index contributed by atoms with van der Waals surface area (Å²) in [5.41, 5.74) is 6.12. The minimum absolute atomic E-state index is 0.149. The first kappa shape index (κ1) is 9.67. The van der Waals surface area contributed by atoms with Crippen LogP contribution in [-0.4, -0.2) is 22.3 Å². The van der Waals surface area contributed by atoms with Crippen LogP contribution in [0.2, 0.25) is 0 Å². The van der Waals surface area contributed by atoms with Gasteiger partial charge in [-0.05, 0) is 12.1 Å². The second-order valence-electron chi connectivity index (χ2n) is 3.27. The molecule has 0 aliphatic heterocycles. The molecule has 0 saturated heterocycles. The fourth-order valence-electron chi connectivity index (χ4n) is 1.38. The Morgan fingerprint density at radius 3 is 3.00 bits per heavy atom. The second kappa shape index (κ2) is 3.70. The number of carboxylic acids is 1. The van der Waals surface area contributed by atoms with Crippen LogP contribution >= 0.6 is 0 Å². The number of carbonyl (C=O) groups is 1. The maximum Gasteiger partial charge on any atom is 0.320 e. The van der Waals surface area contributed by atoms with Crippen molar-refractivity contribution in [3.05, 3.63) is 30.0 Å². The van der Waals surface area contributed by atoms with Gasteiger partial charge in [0.25, 0.3) is 0 Å². The smallest absolute Gasteiger partial charge is 0.320 e. The lowest BCUT2D eigenvalue weighted by atomic mass is 10.1. The summed E-state index contributed by atoms with van der Waals surface area (Å²) in [6.07, 6.45) is 0.149. The number of nitrogens with two attached hydrogens (primary N) is 1. The van der Waals surface area contributed by atoms with Gasteiger partial charge in [-0.1, -0.05) is 17.3 Å². The zero-order valence-electron chi connectivity index (χ0n) is 7.88. The quantitative estimate of drug-likeness (QED) is 0.774. The highest BCUT2D eigenvalue weighted by Crippen LogP contribution is 2.18. The van der Waals surface area contributed by atoms with Gasteiger partial charge in [0.15, 0.2) is 0 Å². The molecule has 0 saturated carbocycles. The number of aliphatic carboxylic acids is 1. The molecule has 0 aliphatic rings. The van der Waals surface area contributed by atoms with Gasteiger partial charge in [0.2, 0.25) is 0 Å². The summed E-state index contributed by atoms with van der Waals surface area (Å²) in [4.78, 5) is 10.6. The number of hydrogen-bond donors (Lipinski definition) is 2. The number of nitrogens with zero attached hydrogens (tertiary/aromatic N) is 1. The van der Waals surface area contributed by atoms with Crippen molar-refractivity contribution in [2.45, 2.75) is 12.5 Å². The van der Waals surface area contributed by atoms with Crippen LogP contribution < -0.4 is 5.73 Å². The van der Waals surface area contributed by atoms with E-state index in [9.17, 15) is 4.79 Å². The molecule has 0 spiro atoms. The number of fused-ring (bicyclic) bond motifs is 1. The molecular weight excluding hydrogens is 196 g/mol. The van der Waals surface area contributed by atoms with Crippen molar-refractivity contribution < 1.29 is 14.4 Å². The lowest BCUT2D eigenvalue weighted by molar-refractivity contribution is -0.138. The first-order chi connectivity index (χ1) is 7.18. The summed E-state index contributed by atoms with van der Waals surface area (Å²) in [7, 11) is 0. The third kappa shape index (κ3) is 1.82. The van der Waals surface area contributed by atoms with Crippen LogP contribution in [0.5, 0.6) is 0 Å². The molecule has 0 aliphatic carbocycles. The van der Waals surface area contributed by atoms with Crippen LogP contribution in [0.1, 0.15) is 5.76 Å². The van der Waals surface area contributed by atoms with Gasteiger partial charge in [0.1, 0.15) is 17.3 Å². The predicted molar refractivity (Wildman–Crippen MR) is 53.3 cm³/mol. The molecule has 1 atom stereocenters. The predicted octanol–water partition coefficient (Wildman–Crippen LogP) is 0.782. The highest BCUT2D eigenvalue weighted by Gasteiger charge is 2.17.